The molecule has 92 valence electrons. The molecule has 17 heavy (non-hydrogen) atoms. The highest BCUT2D eigenvalue weighted by atomic mass is 16.5. The van der Waals surface area contributed by atoms with Gasteiger partial charge in [-0.15, -0.1) is 0 Å². The molecule has 0 bridgehead atoms. The SMILES string of the molecule is COc1ccc(C=C[C@H]2CC[C@H](O)CC2)cc1. The van der Waals surface area contributed by atoms with Gasteiger partial charge in [0.15, 0.2) is 0 Å². The van der Waals surface area contributed by atoms with Crippen LogP contribution in [0, 0.1) is 5.92 Å². The van der Waals surface area contributed by atoms with Crippen molar-refractivity contribution in [3.8, 4) is 5.75 Å². The number of hydrogen-bond donors (Lipinski definition) is 1. The number of aliphatic hydroxyl groups excluding tert-OH is 1. The van der Waals surface area contributed by atoms with Crippen molar-refractivity contribution >= 4 is 6.08 Å². The molecule has 0 heterocycles. The maximum absolute atomic E-state index is 9.43. The average molecular weight is 232 g/mol. The van der Waals surface area contributed by atoms with Gasteiger partial charge in [0.2, 0.25) is 0 Å². The van der Waals surface area contributed by atoms with Crippen LogP contribution in [0.25, 0.3) is 6.08 Å². The number of ether oxygens (including phenoxy) is 1. The molecule has 1 N–H and O–H groups in total. The van der Waals surface area contributed by atoms with Crippen LogP contribution in [-0.2, 0) is 0 Å². The van der Waals surface area contributed by atoms with Gasteiger partial charge in [-0.25, -0.2) is 0 Å². The van der Waals surface area contributed by atoms with E-state index in [-0.39, 0.29) is 6.10 Å². The highest BCUT2D eigenvalue weighted by molar-refractivity contribution is 5.50. The lowest BCUT2D eigenvalue weighted by Gasteiger charge is -2.22. The molecule has 0 unspecified atom stereocenters. The van der Waals surface area contributed by atoms with Crippen molar-refractivity contribution in [1.29, 1.82) is 0 Å². The third-order valence-electron chi connectivity index (χ3n) is 3.42. The number of allylic oxidation sites excluding steroid dienone is 1. The normalized spacial score (nSPS) is 25.1. The van der Waals surface area contributed by atoms with Gasteiger partial charge < -0.3 is 9.84 Å². The molecule has 0 aliphatic heterocycles. The van der Waals surface area contributed by atoms with Crippen molar-refractivity contribution in [2.45, 2.75) is 31.8 Å². The summed E-state index contributed by atoms with van der Waals surface area (Å²) in [4.78, 5) is 0. The van der Waals surface area contributed by atoms with Crippen LogP contribution < -0.4 is 4.74 Å². The van der Waals surface area contributed by atoms with E-state index in [2.05, 4.69) is 24.3 Å². The van der Waals surface area contributed by atoms with E-state index < -0.39 is 0 Å². The molecule has 2 rings (SSSR count). The second-order valence-electron chi connectivity index (χ2n) is 4.70. The minimum Gasteiger partial charge on any atom is -0.497 e. The highest BCUT2D eigenvalue weighted by Gasteiger charge is 2.16. The Morgan fingerprint density at radius 2 is 1.76 bits per heavy atom. The maximum Gasteiger partial charge on any atom is 0.118 e. The summed E-state index contributed by atoms with van der Waals surface area (Å²) in [6, 6.07) is 8.08. The van der Waals surface area contributed by atoms with Gasteiger partial charge in [-0.3, -0.25) is 0 Å². The first-order valence-corrected chi connectivity index (χ1v) is 6.28. The summed E-state index contributed by atoms with van der Waals surface area (Å²) in [7, 11) is 1.68. The molecular formula is C15H20O2. The lowest BCUT2D eigenvalue weighted by molar-refractivity contribution is 0.118. The third-order valence-corrected chi connectivity index (χ3v) is 3.42. The van der Waals surface area contributed by atoms with Crippen molar-refractivity contribution in [2.24, 2.45) is 5.92 Å². The molecule has 0 radical (unpaired) electrons. The molecule has 1 fully saturated rings. The topological polar surface area (TPSA) is 29.5 Å². The maximum atomic E-state index is 9.43. The minimum absolute atomic E-state index is 0.0689. The van der Waals surface area contributed by atoms with Crippen LogP contribution in [0.2, 0.25) is 0 Å². The Balaban J connectivity index is 1.90. The number of aliphatic hydroxyl groups is 1. The van der Waals surface area contributed by atoms with Gasteiger partial charge in [-0.1, -0.05) is 24.3 Å². The predicted molar refractivity (Wildman–Crippen MR) is 70.0 cm³/mol. The molecular weight excluding hydrogens is 212 g/mol. The summed E-state index contributed by atoms with van der Waals surface area (Å²) >= 11 is 0. The van der Waals surface area contributed by atoms with Gasteiger partial charge in [0.25, 0.3) is 0 Å². The quantitative estimate of drug-likeness (QED) is 0.866. The van der Waals surface area contributed by atoms with Crippen LogP contribution in [0.4, 0.5) is 0 Å². The number of benzene rings is 1. The summed E-state index contributed by atoms with van der Waals surface area (Å²) in [5, 5.41) is 9.43. The summed E-state index contributed by atoms with van der Waals surface area (Å²) in [5.74, 6) is 1.52. The molecule has 1 aliphatic carbocycles. The molecule has 0 amide bonds. The molecule has 1 aromatic carbocycles. The van der Waals surface area contributed by atoms with Crippen molar-refractivity contribution < 1.29 is 9.84 Å². The predicted octanol–water partition coefficient (Wildman–Crippen LogP) is 3.26. The Morgan fingerprint density at radius 1 is 1.12 bits per heavy atom. The van der Waals surface area contributed by atoms with Gasteiger partial charge in [0.1, 0.15) is 5.75 Å². The van der Waals surface area contributed by atoms with Crippen LogP contribution >= 0.6 is 0 Å². The van der Waals surface area contributed by atoms with E-state index in [1.165, 1.54) is 5.56 Å². The van der Waals surface area contributed by atoms with E-state index in [0.717, 1.165) is 31.4 Å². The molecule has 2 heteroatoms. The molecule has 0 saturated heterocycles. The fourth-order valence-electron chi connectivity index (χ4n) is 2.26. The summed E-state index contributed by atoms with van der Waals surface area (Å²) < 4.78 is 5.12. The molecule has 1 aliphatic rings. The van der Waals surface area contributed by atoms with E-state index in [1.807, 2.05) is 12.1 Å². The summed E-state index contributed by atoms with van der Waals surface area (Å²) in [5.41, 5.74) is 1.21. The van der Waals surface area contributed by atoms with Crippen molar-refractivity contribution in [2.75, 3.05) is 7.11 Å². The number of hydrogen-bond acceptors (Lipinski definition) is 2. The Morgan fingerprint density at radius 3 is 2.35 bits per heavy atom. The fraction of sp³-hybridized carbons (Fsp3) is 0.467. The fourth-order valence-corrected chi connectivity index (χ4v) is 2.26. The first-order chi connectivity index (χ1) is 8.28. The van der Waals surface area contributed by atoms with Crippen molar-refractivity contribution in [1.82, 2.24) is 0 Å². The average Bonchev–Trinajstić information content (AvgIpc) is 2.39. The van der Waals surface area contributed by atoms with Crippen molar-refractivity contribution in [3.63, 3.8) is 0 Å². The molecule has 1 aromatic rings. The lowest BCUT2D eigenvalue weighted by Crippen LogP contribution is -2.16. The van der Waals surface area contributed by atoms with E-state index in [0.29, 0.717) is 5.92 Å². The summed E-state index contributed by atoms with van der Waals surface area (Å²) in [6.07, 6.45) is 8.47. The van der Waals surface area contributed by atoms with Crippen molar-refractivity contribution in [3.05, 3.63) is 35.9 Å². The van der Waals surface area contributed by atoms with Gasteiger partial charge in [0, 0.05) is 0 Å². The zero-order valence-electron chi connectivity index (χ0n) is 10.3. The van der Waals surface area contributed by atoms with Crippen LogP contribution in [0.1, 0.15) is 31.2 Å². The first kappa shape index (κ1) is 12.2. The Bertz CT molecular complexity index is 359. The van der Waals surface area contributed by atoms with E-state index >= 15 is 0 Å². The van der Waals surface area contributed by atoms with Gasteiger partial charge >= 0.3 is 0 Å². The van der Waals surface area contributed by atoms with Crippen LogP contribution in [0.15, 0.2) is 30.3 Å². The molecule has 2 nitrogen and oxygen atoms in total. The molecule has 1 saturated carbocycles. The van der Waals surface area contributed by atoms with Crippen LogP contribution in [0.3, 0.4) is 0 Å². The second-order valence-corrected chi connectivity index (χ2v) is 4.70. The Labute approximate surface area is 103 Å². The molecule has 0 spiro atoms. The largest absolute Gasteiger partial charge is 0.497 e. The number of rotatable bonds is 3. The highest BCUT2D eigenvalue weighted by Crippen LogP contribution is 2.26. The third kappa shape index (κ3) is 3.60. The minimum atomic E-state index is -0.0689. The molecule has 0 aromatic heterocycles. The zero-order chi connectivity index (χ0) is 12.1. The van der Waals surface area contributed by atoms with Gasteiger partial charge in [-0.05, 0) is 49.3 Å². The Hall–Kier alpha value is -1.28. The van der Waals surface area contributed by atoms with Crippen LogP contribution in [-0.4, -0.2) is 18.3 Å². The van der Waals surface area contributed by atoms with E-state index in [1.54, 1.807) is 7.11 Å². The second kappa shape index (κ2) is 5.87. The standard InChI is InChI=1S/C15H20O2/c1-17-15-10-6-13(7-11-15)3-2-12-4-8-14(16)9-5-12/h2-3,6-7,10-12,14,16H,4-5,8-9H2,1H3/t12-,14-. The Kier molecular flexibility index (Phi) is 4.21. The molecule has 0 atom stereocenters. The van der Waals surface area contributed by atoms with Crippen LogP contribution in [0.5, 0.6) is 5.75 Å². The van der Waals surface area contributed by atoms with Gasteiger partial charge in [0.05, 0.1) is 13.2 Å². The van der Waals surface area contributed by atoms with E-state index in [4.69, 9.17) is 4.74 Å². The monoisotopic (exact) mass is 232 g/mol. The van der Waals surface area contributed by atoms with Gasteiger partial charge in [-0.2, -0.15) is 0 Å². The summed E-state index contributed by atoms with van der Waals surface area (Å²) in [6.45, 7) is 0. The zero-order valence-corrected chi connectivity index (χ0v) is 10.3. The first-order valence-electron chi connectivity index (χ1n) is 6.28. The number of methoxy groups -OCH3 is 1. The lowest BCUT2D eigenvalue weighted by atomic mass is 9.87. The van der Waals surface area contributed by atoms with E-state index in [9.17, 15) is 5.11 Å². The smallest absolute Gasteiger partial charge is 0.118 e.